The topological polar surface area (TPSA) is 29.0 Å². The average Bonchev–Trinajstić information content (AvgIpc) is 3.27. The number of fused-ring (bicyclic) bond motifs is 10. The molecule has 0 fully saturated rings. The van der Waals surface area contributed by atoms with Crippen molar-refractivity contribution in [2.24, 2.45) is 0 Å². The molecule has 1 atom stereocenters. The molecular formula is C48H39N3. The Morgan fingerprint density at radius 3 is 1.73 bits per heavy atom. The molecule has 3 heteroatoms. The summed E-state index contributed by atoms with van der Waals surface area (Å²) in [7, 11) is 0. The van der Waals surface area contributed by atoms with E-state index in [-0.39, 0.29) is 16.7 Å². The number of hydrogen-bond acceptors (Lipinski definition) is 3. The van der Waals surface area contributed by atoms with E-state index in [1.54, 1.807) is 0 Å². The minimum absolute atomic E-state index is 0.0955. The van der Waals surface area contributed by atoms with Crippen LogP contribution in [0, 0.1) is 0 Å². The maximum atomic E-state index is 4.92. The van der Waals surface area contributed by atoms with Crippen molar-refractivity contribution in [2.45, 2.75) is 50.9 Å². The van der Waals surface area contributed by atoms with Crippen LogP contribution in [0.3, 0.4) is 0 Å². The minimum atomic E-state index is -0.115. The van der Waals surface area contributed by atoms with Gasteiger partial charge in [0.15, 0.2) is 0 Å². The maximum absolute atomic E-state index is 4.92. The zero-order chi connectivity index (χ0) is 34.5. The van der Waals surface area contributed by atoms with Crippen LogP contribution in [-0.2, 0) is 17.3 Å². The molecule has 1 aliphatic heterocycles. The van der Waals surface area contributed by atoms with Gasteiger partial charge < -0.3 is 4.90 Å². The first-order valence-electron chi connectivity index (χ1n) is 18.1. The highest BCUT2D eigenvalue weighted by atomic mass is 15.2. The van der Waals surface area contributed by atoms with Crippen LogP contribution in [0.15, 0.2) is 146 Å². The molecule has 2 aliphatic rings. The predicted molar refractivity (Wildman–Crippen MR) is 212 cm³/mol. The van der Waals surface area contributed by atoms with Gasteiger partial charge in [-0.25, -0.2) is 0 Å². The van der Waals surface area contributed by atoms with E-state index in [1.807, 2.05) is 12.4 Å². The molecule has 0 spiro atoms. The first kappa shape index (κ1) is 30.1. The normalized spacial score (nSPS) is 17.0. The molecule has 1 aliphatic carbocycles. The summed E-state index contributed by atoms with van der Waals surface area (Å²) in [4.78, 5) is 12.3. The van der Waals surface area contributed by atoms with Gasteiger partial charge >= 0.3 is 0 Å². The van der Waals surface area contributed by atoms with Crippen LogP contribution < -0.4 is 4.90 Å². The summed E-state index contributed by atoms with van der Waals surface area (Å²) < 4.78 is 0. The Labute approximate surface area is 299 Å². The van der Waals surface area contributed by atoms with E-state index in [1.165, 1.54) is 61.1 Å². The summed E-state index contributed by atoms with van der Waals surface area (Å²) in [5.41, 5.74) is 14.9. The molecule has 8 aromatic rings. The number of aromatic nitrogens is 2. The largest absolute Gasteiger partial charge is 0.310 e. The first-order valence-corrected chi connectivity index (χ1v) is 18.1. The third kappa shape index (κ3) is 4.31. The van der Waals surface area contributed by atoms with Gasteiger partial charge in [-0.05, 0) is 86.5 Å². The zero-order valence-electron chi connectivity index (χ0n) is 29.5. The van der Waals surface area contributed by atoms with Crippen LogP contribution in [-0.4, -0.2) is 9.97 Å². The molecule has 1 aromatic heterocycles. The Balaban J connectivity index is 1.24. The van der Waals surface area contributed by atoms with Crippen LogP contribution >= 0.6 is 0 Å². The second-order valence-electron chi connectivity index (χ2n) is 15.4. The molecule has 10 rings (SSSR count). The highest BCUT2D eigenvalue weighted by molar-refractivity contribution is 6.23. The minimum Gasteiger partial charge on any atom is -0.310 e. The third-order valence-electron chi connectivity index (χ3n) is 12.0. The van der Waals surface area contributed by atoms with Crippen LogP contribution in [0.4, 0.5) is 17.1 Å². The van der Waals surface area contributed by atoms with Gasteiger partial charge in [-0.15, -0.1) is 0 Å². The zero-order valence-corrected chi connectivity index (χ0v) is 29.5. The van der Waals surface area contributed by atoms with Crippen molar-refractivity contribution in [2.75, 3.05) is 4.90 Å². The summed E-state index contributed by atoms with van der Waals surface area (Å²) in [5, 5.41) is 4.66. The smallest absolute Gasteiger partial charge is 0.0971 e. The molecular weight excluding hydrogens is 619 g/mol. The van der Waals surface area contributed by atoms with Gasteiger partial charge in [0, 0.05) is 45.6 Å². The molecule has 3 nitrogen and oxygen atoms in total. The molecule has 0 saturated carbocycles. The van der Waals surface area contributed by atoms with Crippen LogP contribution in [0.2, 0.25) is 0 Å². The monoisotopic (exact) mass is 657 g/mol. The molecule has 0 amide bonds. The highest BCUT2D eigenvalue weighted by Gasteiger charge is 2.37. The predicted octanol–water partition coefficient (Wildman–Crippen LogP) is 12.1. The fraction of sp³-hybridized carbons (Fsp3) is 0.167. The van der Waals surface area contributed by atoms with Crippen molar-refractivity contribution in [1.82, 2.24) is 9.97 Å². The van der Waals surface area contributed by atoms with E-state index < -0.39 is 0 Å². The summed E-state index contributed by atoms with van der Waals surface area (Å²) in [6.07, 6.45) is 4.59. The van der Waals surface area contributed by atoms with Gasteiger partial charge in [0.2, 0.25) is 0 Å². The van der Waals surface area contributed by atoms with Gasteiger partial charge in [0.05, 0.1) is 22.4 Å². The molecule has 2 heterocycles. The Morgan fingerprint density at radius 2 is 1.04 bits per heavy atom. The number of para-hydroxylation sites is 2. The Morgan fingerprint density at radius 1 is 0.510 bits per heavy atom. The fourth-order valence-electron chi connectivity index (χ4n) is 9.44. The quantitative estimate of drug-likeness (QED) is 0.173. The van der Waals surface area contributed by atoms with Crippen molar-refractivity contribution < 1.29 is 0 Å². The molecule has 0 saturated heterocycles. The highest BCUT2D eigenvalue weighted by Crippen LogP contribution is 2.52. The lowest BCUT2D eigenvalue weighted by Gasteiger charge is -2.42. The lowest BCUT2D eigenvalue weighted by molar-refractivity contribution is 0.632. The van der Waals surface area contributed by atoms with Crippen molar-refractivity contribution in [3.63, 3.8) is 0 Å². The number of nitrogens with zero attached hydrogens (tertiary/aromatic N) is 3. The third-order valence-corrected chi connectivity index (χ3v) is 12.0. The summed E-state index contributed by atoms with van der Waals surface area (Å²) in [6, 6.07) is 49.9. The summed E-state index contributed by atoms with van der Waals surface area (Å²) >= 11 is 0. The van der Waals surface area contributed by atoms with Crippen molar-refractivity contribution in [3.05, 3.63) is 185 Å². The average molecular weight is 658 g/mol. The van der Waals surface area contributed by atoms with E-state index in [9.17, 15) is 0 Å². The standard InChI is InChI=1S/C48H39N3/c1-47(2)39-15-7-5-13-31(39)28-36(33-14-6-8-16-40(33)47)30-21-23-34-37(27-30)38-29-32(22-24-35(38)46-45(34)49-25-26-50-46)51-43-19-11-9-17-41(43)48(3,4)42-18-10-12-20-44(42)51/h5-27,29,36H,28H2,1-4H3. The fourth-order valence-corrected chi connectivity index (χ4v) is 9.44. The number of anilines is 3. The van der Waals surface area contributed by atoms with Gasteiger partial charge in [0.1, 0.15) is 0 Å². The molecule has 1 unspecified atom stereocenters. The van der Waals surface area contributed by atoms with Crippen LogP contribution in [0.1, 0.15) is 72.6 Å². The summed E-state index contributed by atoms with van der Waals surface area (Å²) in [5.74, 6) is 0.215. The van der Waals surface area contributed by atoms with Gasteiger partial charge in [0.25, 0.3) is 0 Å². The second kappa shape index (κ2) is 10.8. The Hall–Kier alpha value is -5.80. The van der Waals surface area contributed by atoms with E-state index >= 15 is 0 Å². The van der Waals surface area contributed by atoms with Crippen LogP contribution in [0.5, 0.6) is 0 Å². The van der Waals surface area contributed by atoms with E-state index in [2.05, 4.69) is 166 Å². The van der Waals surface area contributed by atoms with Crippen LogP contribution in [0.25, 0.3) is 32.6 Å². The Bertz CT molecular complexity index is 2650. The molecule has 7 aromatic carbocycles. The number of benzene rings is 7. The van der Waals surface area contributed by atoms with Gasteiger partial charge in [-0.1, -0.05) is 131 Å². The van der Waals surface area contributed by atoms with E-state index in [0.29, 0.717) is 0 Å². The molecule has 0 radical (unpaired) electrons. The van der Waals surface area contributed by atoms with Crippen molar-refractivity contribution in [1.29, 1.82) is 0 Å². The lowest BCUT2D eigenvalue weighted by Crippen LogP contribution is -2.30. The molecule has 51 heavy (non-hydrogen) atoms. The summed E-state index contributed by atoms with van der Waals surface area (Å²) in [6.45, 7) is 9.44. The van der Waals surface area contributed by atoms with E-state index in [4.69, 9.17) is 9.97 Å². The number of rotatable bonds is 2. The molecule has 0 N–H and O–H groups in total. The molecule has 0 bridgehead atoms. The van der Waals surface area contributed by atoms with E-state index in [0.717, 1.165) is 33.9 Å². The number of hydrogen-bond donors (Lipinski definition) is 0. The molecule has 246 valence electrons. The van der Waals surface area contributed by atoms with Crippen molar-refractivity contribution >= 4 is 49.6 Å². The first-order chi connectivity index (χ1) is 24.8. The van der Waals surface area contributed by atoms with Gasteiger partial charge in [-0.3, -0.25) is 9.97 Å². The van der Waals surface area contributed by atoms with Crippen molar-refractivity contribution in [3.8, 4) is 0 Å². The maximum Gasteiger partial charge on any atom is 0.0971 e. The Kier molecular flexibility index (Phi) is 6.39. The lowest BCUT2D eigenvalue weighted by atomic mass is 9.73. The second-order valence-corrected chi connectivity index (χ2v) is 15.4. The SMILES string of the molecule is CC1(C)c2ccccc2CC(c2ccc3c(c2)c2cc(N4c5ccccc5C(C)(C)c5ccccc54)ccc2c2nccnc32)c2ccccc21. The van der Waals surface area contributed by atoms with Gasteiger partial charge in [-0.2, -0.15) is 0 Å².